The minimum atomic E-state index is -0.166. The maximum atomic E-state index is 13.1. The first-order chi connectivity index (χ1) is 12.3. The van der Waals surface area contributed by atoms with Gasteiger partial charge in [-0.3, -0.25) is 14.5 Å². The van der Waals surface area contributed by atoms with Crippen molar-refractivity contribution in [2.24, 2.45) is 0 Å². The highest BCUT2D eigenvalue weighted by molar-refractivity contribution is 6.35. The summed E-state index contributed by atoms with van der Waals surface area (Å²) in [5.41, 5.74) is 4.32. The Morgan fingerprint density at radius 2 is 1.62 bits per heavy atom. The van der Waals surface area contributed by atoms with E-state index in [1.165, 1.54) is 10.5 Å². The highest BCUT2D eigenvalue weighted by Crippen LogP contribution is 2.34. The van der Waals surface area contributed by atoms with Gasteiger partial charge in [0, 0.05) is 32.2 Å². The van der Waals surface area contributed by atoms with Gasteiger partial charge in [0.15, 0.2) is 0 Å². The highest BCUT2D eigenvalue weighted by atomic mass is 16.2. The molecule has 2 aliphatic rings. The van der Waals surface area contributed by atoms with E-state index >= 15 is 0 Å². The first-order valence-electron chi connectivity index (χ1n) is 9.52. The van der Waals surface area contributed by atoms with E-state index in [4.69, 9.17) is 0 Å². The molecule has 2 amide bonds. The molecule has 0 radical (unpaired) electrons. The van der Waals surface area contributed by atoms with Crippen molar-refractivity contribution in [3.63, 3.8) is 0 Å². The third-order valence-corrected chi connectivity index (χ3v) is 5.54. The summed E-state index contributed by atoms with van der Waals surface area (Å²) < 4.78 is 0. The Labute approximate surface area is 156 Å². The van der Waals surface area contributed by atoms with E-state index < -0.39 is 0 Å². The molecule has 1 aromatic carbocycles. The van der Waals surface area contributed by atoms with Crippen LogP contribution >= 0.6 is 0 Å². The van der Waals surface area contributed by atoms with Crippen LogP contribution < -0.4 is 0 Å². The van der Waals surface area contributed by atoms with Gasteiger partial charge in [-0.15, -0.1) is 0 Å². The summed E-state index contributed by atoms with van der Waals surface area (Å²) in [5, 5.41) is 0. The second-order valence-corrected chi connectivity index (χ2v) is 7.52. The first-order valence-corrected chi connectivity index (χ1v) is 9.52. The number of amides is 2. The van der Waals surface area contributed by atoms with Gasteiger partial charge in [-0.1, -0.05) is 25.1 Å². The van der Waals surface area contributed by atoms with Gasteiger partial charge in [0.2, 0.25) is 0 Å². The first kappa shape index (κ1) is 18.6. The lowest BCUT2D eigenvalue weighted by atomic mass is 9.99. The molecule has 2 aliphatic heterocycles. The van der Waals surface area contributed by atoms with E-state index in [1.807, 2.05) is 39.0 Å². The fourth-order valence-corrected chi connectivity index (χ4v) is 3.74. The normalized spacial score (nSPS) is 19.3. The predicted molar refractivity (Wildman–Crippen MR) is 104 cm³/mol. The van der Waals surface area contributed by atoms with Crippen molar-refractivity contribution in [3.05, 3.63) is 40.6 Å². The molecule has 0 aromatic heterocycles. The average molecular weight is 355 g/mol. The van der Waals surface area contributed by atoms with Crippen LogP contribution in [-0.4, -0.2) is 65.3 Å². The fourth-order valence-electron chi connectivity index (χ4n) is 3.74. The van der Waals surface area contributed by atoms with Crippen LogP contribution in [-0.2, 0) is 9.59 Å². The molecule has 0 unspecified atom stereocenters. The third-order valence-electron chi connectivity index (χ3n) is 5.54. The molecule has 1 saturated heterocycles. The Kier molecular flexibility index (Phi) is 5.19. The van der Waals surface area contributed by atoms with Crippen molar-refractivity contribution in [1.29, 1.82) is 0 Å². The van der Waals surface area contributed by atoms with Gasteiger partial charge in [0.1, 0.15) is 5.70 Å². The molecular formula is C21H29N3O2. The Bertz CT molecular complexity index is 759. The minimum Gasteiger partial charge on any atom is -0.364 e. The number of rotatable bonds is 4. The van der Waals surface area contributed by atoms with Gasteiger partial charge in [-0.05, 0) is 50.9 Å². The van der Waals surface area contributed by atoms with Gasteiger partial charge < -0.3 is 9.80 Å². The van der Waals surface area contributed by atoms with Crippen molar-refractivity contribution in [2.45, 2.75) is 40.7 Å². The Morgan fingerprint density at radius 1 is 0.962 bits per heavy atom. The summed E-state index contributed by atoms with van der Waals surface area (Å²) >= 11 is 0. The van der Waals surface area contributed by atoms with Crippen molar-refractivity contribution < 1.29 is 9.59 Å². The van der Waals surface area contributed by atoms with Crippen molar-refractivity contribution in [1.82, 2.24) is 14.7 Å². The van der Waals surface area contributed by atoms with Crippen LogP contribution in [0.25, 0.3) is 5.57 Å². The molecule has 3 rings (SSSR count). The van der Waals surface area contributed by atoms with E-state index in [2.05, 4.69) is 23.6 Å². The van der Waals surface area contributed by atoms with E-state index in [9.17, 15) is 9.59 Å². The number of imide groups is 1. The number of likely N-dealkylation sites (N-methyl/N-ethyl adjacent to an activating group) is 1. The van der Waals surface area contributed by atoms with Crippen LogP contribution in [0.2, 0.25) is 0 Å². The maximum absolute atomic E-state index is 13.1. The summed E-state index contributed by atoms with van der Waals surface area (Å²) in [5.74, 6) is -0.315. The molecular weight excluding hydrogens is 326 g/mol. The van der Waals surface area contributed by atoms with Crippen molar-refractivity contribution in [3.8, 4) is 0 Å². The van der Waals surface area contributed by atoms with Crippen LogP contribution in [0, 0.1) is 13.8 Å². The topological polar surface area (TPSA) is 43.9 Å². The highest BCUT2D eigenvalue weighted by Gasteiger charge is 2.43. The fraction of sp³-hybridized carbons (Fsp3) is 0.524. The molecule has 0 bridgehead atoms. The Balaban J connectivity index is 2.06. The summed E-state index contributed by atoms with van der Waals surface area (Å²) in [4.78, 5) is 32.2. The van der Waals surface area contributed by atoms with E-state index in [0.29, 0.717) is 11.3 Å². The zero-order valence-electron chi connectivity index (χ0n) is 16.5. The van der Waals surface area contributed by atoms with Crippen LogP contribution in [0.3, 0.4) is 0 Å². The molecule has 2 heterocycles. The number of carbonyl (C=O) groups excluding carboxylic acids is 2. The Hall–Kier alpha value is -2.14. The molecule has 140 valence electrons. The summed E-state index contributed by atoms with van der Waals surface area (Å²) in [7, 11) is 0. The number of aryl methyl sites for hydroxylation is 2. The van der Waals surface area contributed by atoms with E-state index in [1.54, 1.807) is 0 Å². The molecule has 0 saturated carbocycles. The van der Waals surface area contributed by atoms with Gasteiger partial charge in [0.05, 0.1) is 5.57 Å². The van der Waals surface area contributed by atoms with Crippen LogP contribution in [0.15, 0.2) is 23.9 Å². The number of benzene rings is 1. The number of piperazine rings is 1. The lowest BCUT2D eigenvalue weighted by molar-refractivity contribution is -0.139. The molecule has 1 fully saturated rings. The van der Waals surface area contributed by atoms with Gasteiger partial charge in [-0.25, -0.2) is 0 Å². The number of nitrogens with zero attached hydrogens (tertiary/aromatic N) is 3. The monoisotopic (exact) mass is 355 g/mol. The molecule has 0 spiro atoms. The molecule has 5 heteroatoms. The van der Waals surface area contributed by atoms with Crippen LogP contribution in [0.1, 0.15) is 37.5 Å². The number of hydrogen-bond acceptors (Lipinski definition) is 4. The number of hydrogen-bond donors (Lipinski definition) is 0. The summed E-state index contributed by atoms with van der Waals surface area (Å²) in [6.07, 6.45) is 0. The minimum absolute atomic E-state index is 0.147. The average Bonchev–Trinajstić information content (AvgIpc) is 2.88. The van der Waals surface area contributed by atoms with Crippen LogP contribution in [0.5, 0.6) is 0 Å². The zero-order valence-corrected chi connectivity index (χ0v) is 16.5. The van der Waals surface area contributed by atoms with Gasteiger partial charge in [-0.2, -0.15) is 0 Å². The third kappa shape index (κ3) is 3.16. The quantitative estimate of drug-likeness (QED) is 0.778. The van der Waals surface area contributed by atoms with Gasteiger partial charge in [0.25, 0.3) is 11.8 Å². The van der Waals surface area contributed by atoms with Crippen molar-refractivity contribution in [2.75, 3.05) is 32.7 Å². The lowest BCUT2D eigenvalue weighted by Gasteiger charge is -2.36. The molecule has 0 N–H and O–H groups in total. The lowest BCUT2D eigenvalue weighted by Crippen LogP contribution is -2.47. The molecule has 5 nitrogen and oxygen atoms in total. The molecule has 0 atom stereocenters. The molecule has 0 aliphatic carbocycles. The smallest absolute Gasteiger partial charge is 0.278 e. The standard InChI is InChI=1S/C21H29N3O2/c1-6-22-9-11-23(12-10-22)19-18(17-8-7-15(4)16(5)13-17)20(25)24(14(2)3)21(19)26/h7-8,13-14H,6,9-12H2,1-5H3. The predicted octanol–water partition coefficient (Wildman–Crippen LogP) is 2.43. The summed E-state index contributed by atoms with van der Waals surface area (Å²) in [6, 6.07) is 5.88. The van der Waals surface area contributed by atoms with Gasteiger partial charge >= 0.3 is 0 Å². The molecule has 26 heavy (non-hydrogen) atoms. The Morgan fingerprint density at radius 3 is 2.15 bits per heavy atom. The largest absolute Gasteiger partial charge is 0.364 e. The molecule has 1 aromatic rings. The second kappa shape index (κ2) is 7.23. The van der Waals surface area contributed by atoms with Crippen molar-refractivity contribution >= 4 is 17.4 Å². The second-order valence-electron chi connectivity index (χ2n) is 7.52. The number of carbonyl (C=O) groups is 2. The van der Waals surface area contributed by atoms with Crippen LogP contribution in [0.4, 0.5) is 0 Å². The van der Waals surface area contributed by atoms with E-state index in [-0.39, 0.29) is 17.9 Å². The van der Waals surface area contributed by atoms with E-state index in [0.717, 1.165) is 43.9 Å². The summed E-state index contributed by atoms with van der Waals surface area (Å²) in [6.45, 7) is 14.5. The zero-order chi connectivity index (χ0) is 19.0. The maximum Gasteiger partial charge on any atom is 0.278 e. The SMILES string of the molecule is CCN1CCN(C2=C(c3ccc(C)c(C)c3)C(=O)N(C(C)C)C2=O)CC1.